The fourth-order valence-corrected chi connectivity index (χ4v) is 2.69. The lowest BCUT2D eigenvalue weighted by Crippen LogP contribution is -2.55. The molecule has 1 fully saturated rings. The van der Waals surface area contributed by atoms with Gasteiger partial charge in [-0.05, 0) is 25.0 Å². The molecule has 0 bridgehead atoms. The third kappa shape index (κ3) is 2.77. The van der Waals surface area contributed by atoms with Crippen molar-refractivity contribution in [3.63, 3.8) is 0 Å². The molecule has 0 unspecified atom stereocenters. The average molecular weight is 300 g/mol. The van der Waals surface area contributed by atoms with Gasteiger partial charge in [0.25, 0.3) is 5.91 Å². The highest BCUT2D eigenvalue weighted by molar-refractivity contribution is 6.31. The first-order chi connectivity index (χ1) is 9.46. The van der Waals surface area contributed by atoms with Gasteiger partial charge in [0, 0.05) is 0 Å². The van der Waals surface area contributed by atoms with Crippen molar-refractivity contribution in [2.75, 3.05) is 0 Å². The quantitative estimate of drug-likeness (QED) is 0.901. The van der Waals surface area contributed by atoms with E-state index < -0.39 is 23.2 Å². The van der Waals surface area contributed by atoms with Crippen LogP contribution in [0.1, 0.15) is 42.5 Å². The van der Waals surface area contributed by atoms with E-state index in [-0.39, 0.29) is 10.6 Å². The molecule has 0 heterocycles. The normalized spacial score (nSPS) is 17.5. The van der Waals surface area contributed by atoms with Crippen LogP contribution in [0.25, 0.3) is 0 Å². The molecule has 0 aromatic heterocycles. The highest BCUT2D eigenvalue weighted by Crippen LogP contribution is 2.29. The number of nitrogens with one attached hydrogen (secondary N) is 1. The van der Waals surface area contributed by atoms with E-state index in [1.807, 2.05) is 0 Å². The van der Waals surface area contributed by atoms with E-state index in [1.165, 1.54) is 18.2 Å². The molecule has 1 amide bonds. The number of carboxylic acids is 1. The van der Waals surface area contributed by atoms with Crippen molar-refractivity contribution in [2.45, 2.75) is 37.6 Å². The summed E-state index contributed by atoms with van der Waals surface area (Å²) in [7, 11) is 0. The maximum absolute atomic E-state index is 13.8. The van der Waals surface area contributed by atoms with Crippen molar-refractivity contribution >= 4 is 23.5 Å². The van der Waals surface area contributed by atoms with Crippen molar-refractivity contribution in [2.24, 2.45) is 0 Å². The zero-order valence-corrected chi connectivity index (χ0v) is 11.5. The van der Waals surface area contributed by atoms with Crippen LogP contribution in [-0.4, -0.2) is 22.5 Å². The molecule has 108 valence electrons. The van der Waals surface area contributed by atoms with Crippen LogP contribution in [0.5, 0.6) is 0 Å². The van der Waals surface area contributed by atoms with Gasteiger partial charge in [-0.3, -0.25) is 4.79 Å². The maximum Gasteiger partial charge on any atom is 0.329 e. The molecule has 1 aromatic rings. The highest BCUT2D eigenvalue weighted by Gasteiger charge is 2.41. The molecule has 4 nitrogen and oxygen atoms in total. The standard InChI is InChI=1S/C14H15ClFNO3/c15-10-6-4-5-9(11(10)16)12(18)17-14(13(19)20)7-2-1-3-8-14/h4-6H,1-3,7-8H2,(H,17,18)(H,19,20). The Kier molecular flexibility index (Phi) is 4.28. The topological polar surface area (TPSA) is 66.4 Å². The van der Waals surface area contributed by atoms with Crippen LogP contribution >= 0.6 is 11.6 Å². The van der Waals surface area contributed by atoms with Crippen molar-refractivity contribution in [1.29, 1.82) is 0 Å². The summed E-state index contributed by atoms with van der Waals surface area (Å²) < 4.78 is 13.8. The molecule has 0 aliphatic heterocycles. The molecule has 0 saturated heterocycles. The number of hydrogen-bond acceptors (Lipinski definition) is 2. The first-order valence-corrected chi connectivity index (χ1v) is 6.84. The lowest BCUT2D eigenvalue weighted by molar-refractivity contribution is -0.145. The molecule has 2 rings (SSSR count). The lowest BCUT2D eigenvalue weighted by Gasteiger charge is -2.34. The summed E-state index contributed by atoms with van der Waals surface area (Å²) in [6.45, 7) is 0. The molecule has 0 atom stereocenters. The summed E-state index contributed by atoms with van der Waals surface area (Å²) in [6.07, 6.45) is 3.11. The van der Waals surface area contributed by atoms with Gasteiger partial charge >= 0.3 is 5.97 Å². The molecule has 2 N–H and O–H groups in total. The van der Waals surface area contributed by atoms with Gasteiger partial charge in [0.1, 0.15) is 5.54 Å². The fraction of sp³-hybridized carbons (Fsp3) is 0.429. The van der Waals surface area contributed by atoms with E-state index in [9.17, 15) is 19.1 Å². The number of carbonyl (C=O) groups excluding carboxylic acids is 1. The Bertz CT molecular complexity index is 541. The number of benzene rings is 1. The third-order valence-corrected chi connectivity index (χ3v) is 3.96. The first-order valence-electron chi connectivity index (χ1n) is 6.46. The van der Waals surface area contributed by atoms with E-state index >= 15 is 0 Å². The Hall–Kier alpha value is -1.62. The Morgan fingerprint density at radius 1 is 1.25 bits per heavy atom. The largest absolute Gasteiger partial charge is 0.480 e. The number of hydrogen-bond donors (Lipinski definition) is 2. The molecular formula is C14H15ClFNO3. The van der Waals surface area contributed by atoms with Crippen molar-refractivity contribution in [3.8, 4) is 0 Å². The summed E-state index contributed by atoms with van der Waals surface area (Å²) in [6, 6.07) is 4.07. The number of halogens is 2. The molecule has 1 saturated carbocycles. The first kappa shape index (κ1) is 14.8. The van der Waals surface area contributed by atoms with Gasteiger partial charge in [-0.1, -0.05) is 36.9 Å². The maximum atomic E-state index is 13.8. The molecule has 0 spiro atoms. The van der Waals surface area contributed by atoms with Crippen LogP contribution in [0, 0.1) is 5.82 Å². The van der Waals surface area contributed by atoms with Gasteiger partial charge in [0.15, 0.2) is 5.82 Å². The number of carboxylic acid groups (broad SMARTS) is 1. The van der Waals surface area contributed by atoms with E-state index in [1.54, 1.807) is 0 Å². The van der Waals surface area contributed by atoms with E-state index in [0.717, 1.165) is 19.3 Å². The molecular weight excluding hydrogens is 285 g/mol. The van der Waals surface area contributed by atoms with Crippen LogP contribution < -0.4 is 5.32 Å². The number of amides is 1. The van der Waals surface area contributed by atoms with Gasteiger partial charge in [-0.25, -0.2) is 9.18 Å². The van der Waals surface area contributed by atoms with Gasteiger partial charge in [-0.15, -0.1) is 0 Å². The van der Waals surface area contributed by atoms with Crippen LogP contribution in [0.3, 0.4) is 0 Å². The second kappa shape index (κ2) is 5.79. The number of rotatable bonds is 3. The molecule has 1 aliphatic rings. The second-order valence-electron chi connectivity index (χ2n) is 5.00. The summed E-state index contributed by atoms with van der Waals surface area (Å²) in [5.41, 5.74) is -1.53. The summed E-state index contributed by atoms with van der Waals surface area (Å²) in [5.74, 6) is -2.65. The molecule has 1 aromatic carbocycles. The molecule has 20 heavy (non-hydrogen) atoms. The van der Waals surface area contributed by atoms with Crippen molar-refractivity contribution in [1.82, 2.24) is 5.32 Å². The van der Waals surface area contributed by atoms with Crippen molar-refractivity contribution < 1.29 is 19.1 Å². The second-order valence-corrected chi connectivity index (χ2v) is 5.41. The zero-order chi connectivity index (χ0) is 14.8. The van der Waals surface area contributed by atoms with Gasteiger partial charge in [0.05, 0.1) is 10.6 Å². The summed E-state index contributed by atoms with van der Waals surface area (Å²) in [4.78, 5) is 23.6. The monoisotopic (exact) mass is 299 g/mol. The Morgan fingerprint density at radius 3 is 2.50 bits per heavy atom. The minimum atomic E-state index is -1.30. The zero-order valence-electron chi connectivity index (χ0n) is 10.8. The Labute approximate surface area is 120 Å². The highest BCUT2D eigenvalue weighted by atomic mass is 35.5. The van der Waals surface area contributed by atoms with E-state index in [0.29, 0.717) is 12.8 Å². The SMILES string of the molecule is O=C(NC1(C(=O)O)CCCCC1)c1cccc(Cl)c1F. The van der Waals surface area contributed by atoms with Gasteiger partial charge in [-0.2, -0.15) is 0 Å². The van der Waals surface area contributed by atoms with Gasteiger partial charge < -0.3 is 10.4 Å². The minimum absolute atomic E-state index is 0.161. The molecule has 6 heteroatoms. The van der Waals surface area contributed by atoms with Crippen LogP contribution in [0.15, 0.2) is 18.2 Å². The number of aliphatic carboxylic acids is 1. The molecule has 0 radical (unpaired) electrons. The fourth-order valence-electron chi connectivity index (χ4n) is 2.51. The average Bonchev–Trinajstić information content (AvgIpc) is 2.42. The predicted octanol–water partition coefficient (Wildman–Crippen LogP) is 3.00. The third-order valence-electron chi connectivity index (χ3n) is 3.67. The lowest BCUT2D eigenvalue weighted by atomic mass is 9.81. The predicted molar refractivity (Wildman–Crippen MR) is 72.3 cm³/mol. The van der Waals surface area contributed by atoms with Gasteiger partial charge in [0.2, 0.25) is 0 Å². The van der Waals surface area contributed by atoms with Crippen molar-refractivity contribution in [3.05, 3.63) is 34.6 Å². The number of carbonyl (C=O) groups is 2. The Balaban J connectivity index is 2.25. The van der Waals surface area contributed by atoms with E-state index in [2.05, 4.69) is 5.32 Å². The van der Waals surface area contributed by atoms with Crippen LogP contribution in [-0.2, 0) is 4.79 Å². The Morgan fingerprint density at radius 2 is 1.90 bits per heavy atom. The summed E-state index contributed by atoms with van der Waals surface area (Å²) in [5, 5.41) is 11.7. The van der Waals surface area contributed by atoms with Crippen LogP contribution in [0.2, 0.25) is 5.02 Å². The smallest absolute Gasteiger partial charge is 0.329 e. The minimum Gasteiger partial charge on any atom is -0.480 e. The molecule has 1 aliphatic carbocycles. The van der Waals surface area contributed by atoms with Crippen LogP contribution in [0.4, 0.5) is 4.39 Å². The summed E-state index contributed by atoms with van der Waals surface area (Å²) >= 11 is 5.63. The van der Waals surface area contributed by atoms with E-state index in [4.69, 9.17) is 11.6 Å².